The van der Waals surface area contributed by atoms with Crippen molar-refractivity contribution >= 4 is 40.6 Å². The number of para-hydroxylation sites is 1. The Kier molecular flexibility index (Phi) is 4.92. The molecule has 7 nitrogen and oxygen atoms in total. The number of aromatic nitrogens is 1. The fraction of sp³-hybridized carbons (Fsp3) is 0.370. The number of benzene rings is 2. The zero-order valence-corrected chi connectivity index (χ0v) is 21.1. The van der Waals surface area contributed by atoms with Gasteiger partial charge in [0.2, 0.25) is 11.8 Å². The van der Waals surface area contributed by atoms with E-state index >= 15 is 0 Å². The fourth-order valence-corrected chi connectivity index (χ4v) is 10.1. The highest BCUT2D eigenvalue weighted by atomic mass is 32.2. The maximum absolute atomic E-state index is 13.7. The first-order valence-electron chi connectivity index (χ1n) is 12.3. The third-order valence-corrected chi connectivity index (χ3v) is 11.0. The first-order chi connectivity index (χ1) is 17.5. The van der Waals surface area contributed by atoms with Gasteiger partial charge in [-0.3, -0.25) is 19.3 Å². The van der Waals surface area contributed by atoms with Gasteiger partial charge in [0.25, 0.3) is 0 Å². The Hall–Kier alpha value is -3.04. The molecule has 0 radical (unpaired) electrons. The monoisotopic (exact) mass is 520 g/mol. The number of thiazole rings is 1. The number of aromatic hydroxyl groups is 1. The SMILES string of the molecule is CCOc1cc(C2c3sc(=O)[nH]c3SC3C2[C@H]2C[C@@H]3C3C(=O)N(c4ccccc4)C(=O)C32)ccc1O. The lowest BCUT2D eigenvalue weighted by molar-refractivity contribution is -0.123. The van der Waals surface area contributed by atoms with E-state index in [1.165, 1.54) is 16.2 Å². The topological polar surface area (TPSA) is 99.7 Å². The van der Waals surface area contributed by atoms with Crippen LogP contribution in [-0.2, 0) is 9.59 Å². The van der Waals surface area contributed by atoms with Gasteiger partial charge >= 0.3 is 4.87 Å². The van der Waals surface area contributed by atoms with E-state index in [0.29, 0.717) is 18.0 Å². The van der Waals surface area contributed by atoms with Crippen molar-refractivity contribution in [3.05, 3.63) is 68.6 Å². The molecule has 2 amide bonds. The van der Waals surface area contributed by atoms with Gasteiger partial charge in [0.15, 0.2) is 11.5 Å². The summed E-state index contributed by atoms with van der Waals surface area (Å²) >= 11 is 2.89. The summed E-state index contributed by atoms with van der Waals surface area (Å²) in [5, 5.41) is 11.3. The van der Waals surface area contributed by atoms with E-state index in [9.17, 15) is 19.5 Å². The third-order valence-electron chi connectivity index (χ3n) is 8.38. The summed E-state index contributed by atoms with van der Waals surface area (Å²) in [5.74, 6) is -0.246. The Labute approximate surface area is 215 Å². The van der Waals surface area contributed by atoms with Crippen LogP contribution >= 0.6 is 23.1 Å². The van der Waals surface area contributed by atoms with Crippen LogP contribution in [0.15, 0.2) is 58.4 Å². The number of nitrogens with zero attached hydrogens (tertiary/aromatic N) is 1. The molecule has 9 heteroatoms. The number of rotatable bonds is 4. The van der Waals surface area contributed by atoms with Gasteiger partial charge in [-0.25, -0.2) is 0 Å². The molecule has 3 heterocycles. The molecule has 1 aromatic heterocycles. The number of aromatic amines is 1. The van der Waals surface area contributed by atoms with Gasteiger partial charge in [0.05, 0.1) is 29.2 Å². The summed E-state index contributed by atoms with van der Waals surface area (Å²) in [6, 6.07) is 14.6. The number of phenolic OH excluding ortho intramolecular Hbond substituents is 1. The molecular weight excluding hydrogens is 496 g/mol. The van der Waals surface area contributed by atoms with E-state index in [1.807, 2.05) is 49.4 Å². The highest BCUT2D eigenvalue weighted by Gasteiger charge is 2.69. The van der Waals surface area contributed by atoms with Crippen molar-refractivity contribution in [1.82, 2.24) is 4.98 Å². The Bertz CT molecular complexity index is 1450. The van der Waals surface area contributed by atoms with Crippen LogP contribution in [-0.4, -0.2) is 33.8 Å². The van der Waals surface area contributed by atoms with E-state index in [4.69, 9.17) is 4.74 Å². The minimum absolute atomic E-state index is 0.0439. The number of anilines is 1. The Morgan fingerprint density at radius 1 is 1.06 bits per heavy atom. The van der Waals surface area contributed by atoms with Crippen LogP contribution in [0.4, 0.5) is 5.69 Å². The van der Waals surface area contributed by atoms with E-state index < -0.39 is 0 Å². The van der Waals surface area contributed by atoms with Crippen LogP contribution in [0.3, 0.4) is 0 Å². The average molecular weight is 521 g/mol. The largest absolute Gasteiger partial charge is 0.504 e. The normalized spacial score (nSPS) is 31.9. The standard InChI is InChI=1S/C27H24N2O5S2/c1-2-34-17-10-12(8-9-16(17)30)18-19-14-11-15(22(19)35-24-23(18)36-27(33)28-24)21-20(14)25(31)29(26(21)32)13-6-4-3-5-7-13/h3-10,14-15,18-22,30H,2,11H2,1H3,(H,28,33)/t14-,15-,18?,19?,20?,21?,22?/m1/s1. The number of H-pyrrole nitrogens is 1. The van der Waals surface area contributed by atoms with E-state index in [2.05, 4.69) is 4.98 Å². The van der Waals surface area contributed by atoms with Crippen LogP contribution in [0, 0.1) is 29.6 Å². The highest BCUT2D eigenvalue weighted by Crippen LogP contribution is 2.68. The zero-order chi connectivity index (χ0) is 24.7. The van der Waals surface area contributed by atoms with Gasteiger partial charge in [0, 0.05) is 16.0 Å². The number of carbonyl (C=O) groups is 2. The van der Waals surface area contributed by atoms with E-state index in [-0.39, 0.29) is 63.2 Å². The highest BCUT2D eigenvalue weighted by molar-refractivity contribution is 8.00. The number of phenols is 1. The lowest BCUT2D eigenvalue weighted by Crippen LogP contribution is -2.42. The lowest BCUT2D eigenvalue weighted by Gasteiger charge is -2.43. The molecule has 1 saturated heterocycles. The summed E-state index contributed by atoms with van der Waals surface area (Å²) in [6.07, 6.45) is 0.837. The summed E-state index contributed by atoms with van der Waals surface area (Å²) in [5.41, 5.74) is 1.60. The van der Waals surface area contributed by atoms with Crippen molar-refractivity contribution in [3.63, 3.8) is 0 Å². The van der Waals surface area contributed by atoms with Crippen LogP contribution in [0.2, 0.25) is 0 Å². The lowest BCUT2D eigenvalue weighted by atomic mass is 9.68. The quantitative estimate of drug-likeness (QED) is 0.500. The van der Waals surface area contributed by atoms with Crippen LogP contribution < -0.4 is 14.5 Å². The molecule has 7 atom stereocenters. The first-order valence-corrected chi connectivity index (χ1v) is 14.0. The van der Waals surface area contributed by atoms with Gasteiger partial charge in [-0.15, -0.1) is 11.8 Å². The minimum Gasteiger partial charge on any atom is -0.504 e. The number of thioether (sulfide) groups is 1. The molecule has 2 saturated carbocycles. The molecule has 36 heavy (non-hydrogen) atoms. The predicted octanol–water partition coefficient (Wildman–Crippen LogP) is 4.22. The number of fused-ring (bicyclic) bond motifs is 9. The number of ether oxygens (including phenoxy) is 1. The molecule has 3 fully saturated rings. The van der Waals surface area contributed by atoms with Crippen molar-refractivity contribution in [2.24, 2.45) is 29.6 Å². The minimum atomic E-state index is -0.340. The molecule has 7 rings (SSSR count). The molecule has 3 aromatic rings. The third kappa shape index (κ3) is 2.96. The molecule has 2 N–H and O–H groups in total. The average Bonchev–Trinajstić information content (AvgIpc) is 3.60. The molecule has 2 bridgehead atoms. The van der Waals surface area contributed by atoms with Crippen molar-refractivity contribution in [2.75, 3.05) is 11.5 Å². The maximum Gasteiger partial charge on any atom is 0.305 e. The molecule has 184 valence electrons. The predicted molar refractivity (Wildman–Crippen MR) is 137 cm³/mol. The number of carbonyl (C=O) groups excluding carboxylic acids is 2. The van der Waals surface area contributed by atoms with Gasteiger partial charge in [-0.1, -0.05) is 35.6 Å². The molecule has 5 unspecified atom stereocenters. The van der Waals surface area contributed by atoms with Gasteiger partial charge in [-0.05, 0) is 60.9 Å². The molecular formula is C27H24N2O5S2. The first kappa shape index (κ1) is 22.2. The Morgan fingerprint density at radius 2 is 1.81 bits per heavy atom. The smallest absolute Gasteiger partial charge is 0.305 e. The number of hydrogen-bond acceptors (Lipinski definition) is 7. The van der Waals surface area contributed by atoms with Gasteiger partial charge in [-0.2, -0.15) is 0 Å². The van der Waals surface area contributed by atoms with E-state index in [1.54, 1.807) is 17.8 Å². The number of amides is 2. The fourth-order valence-electron chi connectivity index (χ4n) is 7.22. The maximum atomic E-state index is 13.7. The second-order valence-corrected chi connectivity index (χ2v) is 12.2. The molecule has 2 aliphatic heterocycles. The molecule has 0 spiro atoms. The Balaban J connectivity index is 1.33. The Morgan fingerprint density at radius 3 is 2.56 bits per heavy atom. The summed E-state index contributed by atoms with van der Waals surface area (Å²) < 4.78 is 5.67. The van der Waals surface area contributed by atoms with Crippen molar-refractivity contribution in [2.45, 2.75) is 29.5 Å². The molecule has 2 aromatic carbocycles. The number of nitrogens with one attached hydrogen (secondary N) is 1. The van der Waals surface area contributed by atoms with Crippen LogP contribution in [0.5, 0.6) is 11.5 Å². The second kappa shape index (κ2) is 7.98. The summed E-state index contributed by atoms with van der Waals surface area (Å²) in [6.45, 7) is 2.29. The van der Waals surface area contributed by atoms with Crippen LogP contribution in [0.1, 0.15) is 29.7 Å². The second-order valence-electron chi connectivity index (χ2n) is 9.97. The zero-order valence-electron chi connectivity index (χ0n) is 19.4. The summed E-state index contributed by atoms with van der Waals surface area (Å²) in [4.78, 5) is 45.1. The number of imide groups is 1. The number of hydrogen-bond donors (Lipinski definition) is 2. The van der Waals surface area contributed by atoms with Crippen molar-refractivity contribution in [1.29, 1.82) is 0 Å². The van der Waals surface area contributed by atoms with Crippen LogP contribution in [0.25, 0.3) is 0 Å². The van der Waals surface area contributed by atoms with E-state index in [0.717, 1.165) is 21.9 Å². The van der Waals surface area contributed by atoms with Gasteiger partial charge in [0.1, 0.15) is 0 Å². The van der Waals surface area contributed by atoms with Crippen molar-refractivity contribution < 1.29 is 19.4 Å². The van der Waals surface area contributed by atoms with Crippen molar-refractivity contribution in [3.8, 4) is 11.5 Å². The summed E-state index contributed by atoms with van der Waals surface area (Å²) in [7, 11) is 0. The molecule has 2 aliphatic carbocycles. The van der Waals surface area contributed by atoms with Gasteiger partial charge < -0.3 is 14.8 Å². The molecule has 4 aliphatic rings.